The lowest BCUT2D eigenvalue weighted by molar-refractivity contribution is -0.131. The van der Waals surface area contributed by atoms with Crippen molar-refractivity contribution < 1.29 is 22.7 Å². The van der Waals surface area contributed by atoms with Gasteiger partial charge < -0.3 is 15.4 Å². The van der Waals surface area contributed by atoms with Gasteiger partial charge in [0.25, 0.3) is 0 Å². The third-order valence-electron chi connectivity index (χ3n) is 5.91. The van der Waals surface area contributed by atoms with Crippen LogP contribution in [0.5, 0.6) is 5.75 Å². The molecular formula is C21H31N3O5S. The second kappa shape index (κ2) is 9.78. The molecule has 1 aromatic carbocycles. The monoisotopic (exact) mass is 437 g/mol. The SMILES string of the molecule is COc1ccc(S(=O)(=O)N2CCC[C@@H](C(=O)N[C@H](C)C(=O)NC3CCCC3)C2)cc1. The fourth-order valence-corrected chi connectivity index (χ4v) is 5.59. The predicted molar refractivity (Wildman–Crippen MR) is 112 cm³/mol. The van der Waals surface area contributed by atoms with E-state index in [-0.39, 0.29) is 29.3 Å². The van der Waals surface area contributed by atoms with Gasteiger partial charge in [-0.1, -0.05) is 12.8 Å². The van der Waals surface area contributed by atoms with Crippen LogP contribution in [0.1, 0.15) is 45.4 Å². The lowest BCUT2D eigenvalue weighted by atomic mass is 9.98. The van der Waals surface area contributed by atoms with Gasteiger partial charge in [0, 0.05) is 19.1 Å². The van der Waals surface area contributed by atoms with Gasteiger partial charge in [-0.2, -0.15) is 4.31 Å². The van der Waals surface area contributed by atoms with Crippen LogP contribution < -0.4 is 15.4 Å². The summed E-state index contributed by atoms with van der Waals surface area (Å²) < 4.78 is 32.4. The van der Waals surface area contributed by atoms with Gasteiger partial charge in [0.05, 0.1) is 17.9 Å². The Labute approximate surface area is 178 Å². The topological polar surface area (TPSA) is 105 Å². The zero-order valence-corrected chi connectivity index (χ0v) is 18.4. The highest BCUT2D eigenvalue weighted by Gasteiger charge is 2.34. The molecular weight excluding hydrogens is 406 g/mol. The molecule has 2 N–H and O–H groups in total. The van der Waals surface area contributed by atoms with Crippen molar-refractivity contribution in [2.45, 2.75) is 62.4 Å². The summed E-state index contributed by atoms with van der Waals surface area (Å²) in [6, 6.07) is 5.76. The Morgan fingerprint density at radius 2 is 1.77 bits per heavy atom. The van der Waals surface area contributed by atoms with Crippen molar-refractivity contribution >= 4 is 21.8 Å². The Kier molecular flexibility index (Phi) is 7.36. The number of hydrogen-bond acceptors (Lipinski definition) is 5. The predicted octanol–water partition coefficient (Wildman–Crippen LogP) is 1.66. The summed E-state index contributed by atoms with van der Waals surface area (Å²) in [5, 5.41) is 5.74. The second-order valence-electron chi connectivity index (χ2n) is 8.10. The molecule has 1 aliphatic carbocycles. The van der Waals surface area contributed by atoms with Gasteiger partial charge in [-0.05, 0) is 56.9 Å². The first kappa shape index (κ1) is 22.6. The molecule has 9 heteroatoms. The Balaban J connectivity index is 1.58. The number of methoxy groups -OCH3 is 1. The standard InChI is InChI=1S/C21H31N3O5S/c1-15(20(25)23-17-7-3-4-8-17)22-21(26)16-6-5-13-24(14-16)30(27,28)19-11-9-18(29-2)10-12-19/h9-12,15-17H,3-8,13-14H2,1-2H3,(H,22,26)(H,23,25)/t15-,16-/m1/s1. The molecule has 8 nitrogen and oxygen atoms in total. The van der Waals surface area contributed by atoms with Crippen LogP contribution in [0.2, 0.25) is 0 Å². The van der Waals surface area contributed by atoms with E-state index in [2.05, 4.69) is 10.6 Å². The Bertz CT molecular complexity index is 850. The Hall–Kier alpha value is -2.13. The van der Waals surface area contributed by atoms with E-state index in [4.69, 9.17) is 4.74 Å². The highest BCUT2D eigenvalue weighted by molar-refractivity contribution is 7.89. The molecule has 1 saturated heterocycles. The van der Waals surface area contributed by atoms with Crippen molar-refractivity contribution in [3.8, 4) is 5.75 Å². The molecule has 30 heavy (non-hydrogen) atoms. The van der Waals surface area contributed by atoms with E-state index in [9.17, 15) is 18.0 Å². The van der Waals surface area contributed by atoms with Crippen molar-refractivity contribution in [1.82, 2.24) is 14.9 Å². The molecule has 2 amide bonds. The van der Waals surface area contributed by atoms with Crippen LogP contribution >= 0.6 is 0 Å². The molecule has 1 saturated carbocycles. The Morgan fingerprint density at radius 1 is 1.10 bits per heavy atom. The molecule has 1 aromatic rings. The third-order valence-corrected chi connectivity index (χ3v) is 7.79. The van der Waals surface area contributed by atoms with E-state index < -0.39 is 22.0 Å². The van der Waals surface area contributed by atoms with Crippen LogP contribution in [0.3, 0.4) is 0 Å². The van der Waals surface area contributed by atoms with Gasteiger partial charge in [-0.25, -0.2) is 8.42 Å². The van der Waals surface area contributed by atoms with Gasteiger partial charge in [0.1, 0.15) is 11.8 Å². The van der Waals surface area contributed by atoms with E-state index in [1.807, 2.05) is 0 Å². The van der Waals surface area contributed by atoms with Gasteiger partial charge in [0.15, 0.2) is 0 Å². The number of carbonyl (C=O) groups is 2. The molecule has 1 aliphatic heterocycles. The number of nitrogens with zero attached hydrogens (tertiary/aromatic N) is 1. The molecule has 0 unspecified atom stereocenters. The Morgan fingerprint density at radius 3 is 2.40 bits per heavy atom. The lowest BCUT2D eigenvalue weighted by Gasteiger charge is -2.31. The minimum absolute atomic E-state index is 0.108. The summed E-state index contributed by atoms with van der Waals surface area (Å²) in [7, 11) is -2.18. The molecule has 166 valence electrons. The average Bonchev–Trinajstić information content (AvgIpc) is 3.26. The molecule has 2 fully saturated rings. The highest BCUT2D eigenvalue weighted by Crippen LogP contribution is 2.25. The summed E-state index contributed by atoms with van der Waals surface area (Å²) in [6.07, 6.45) is 5.38. The van der Waals surface area contributed by atoms with E-state index in [0.717, 1.165) is 25.7 Å². The number of ether oxygens (including phenoxy) is 1. The minimum atomic E-state index is -3.70. The zero-order chi connectivity index (χ0) is 21.7. The van der Waals surface area contributed by atoms with Crippen LogP contribution in [0.25, 0.3) is 0 Å². The third kappa shape index (κ3) is 5.31. The maximum absolute atomic E-state index is 13.0. The van der Waals surface area contributed by atoms with E-state index in [1.165, 1.54) is 23.5 Å². The number of rotatable bonds is 7. The smallest absolute Gasteiger partial charge is 0.243 e. The summed E-state index contributed by atoms with van der Waals surface area (Å²) >= 11 is 0. The van der Waals surface area contributed by atoms with E-state index in [0.29, 0.717) is 25.1 Å². The molecule has 2 atom stereocenters. The second-order valence-corrected chi connectivity index (χ2v) is 10.0. The van der Waals surface area contributed by atoms with Gasteiger partial charge in [-0.15, -0.1) is 0 Å². The van der Waals surface area contributed by atoms with E-state index >= 15 is 0 Å². The largest absolute Gasteiger partial charge is 0.497 e. The molecule has 0 spiro atoms. The summed E-state index contributed by atoms with van der Waals surface area (Å²) in [6.45, 7) is 2.14. The quantitative estimate of drug-likeness (QED) is 0.675. The molecule has 0 radical (unpaired) electrons. The molecule has 0 bridgehead atoms. The van der Waals surface area contributed by atoms with Crippen molar-refractivity contribution in [2.75, 3.05) is 20.2 Å². The van der Waals surface area contributed by atoms with Gasteiger partial charge >= 0.3 is 0 Å². The van der Waals surface area contributed by atoms with Crippen molar-refractivity contribution in [3.05, 3.63) is 24.3 Å². The maximum atomic E-state index is 13.0. The van der Waals surface area contributed by atoms with Crippen molar-refractivity contribution in [1.29, 1.82) is 0 Å². The molecule has 1 heterocycles. The molecule has 2 aliphatic rings. The normalized spacial score (nSPS) is 21.7. The van der Waals surface area contributed by atoms with Crippen molar-refractivity contribution in [2.24, 2.45) is 5.92 Å². The van der Waals surface area contributed by atoms with Crippen molar-refractivity contribution in [3.63, 3.8) is 0 Å². The maximum Gasteiger partial charge on any atom is 0.243 e. The fraction of sp³-hybridized carbons (Fsp3) is 0.619. The highest BCUT2D eigenvalue weighted by atomic mass is 32.2. The zero-order valence-electron chi connectivity index (χ0n) is 17.6. The van der Waals surface area contributed by atoms with Gasteiger partial charge in [-0.3, -0.25) is 9.59 Å². The lowest BCUT2D eigenvalue weighted by Crippen LogP contribution is -2.51. The number of piperidine rings is 1. The number of nitrogens with one attached hydrogen (secondary N) is 2. The average molecular weight is 438 g/mol. The van der Waals surface area contributed by atoms with Crippen LogP contribution in [0.4, 0.5) is 0 Å². The fourth-order valence-electron chi connectivity index (χ4n) is 4.06. The van der Waals surface area contributed by atoms with Crippen LogP contribution in [-0.2, 0) is 19.6 Å². The van der Waals surface area contributed by atoms with E-state index in [1.54, 1.807) is 19.1 Å². The van der Waals surface area contributed by atoms with Gasteiger partial charge in [0.2, 0.25) is 21.8 Å². The number of carbonyl (C=O) groups excluding carboxylic acids is 2. The first-order chi connectivity index (χ1) is 14.3. The molecule has 0 aromatic heterocycles. The number of benzene rings is 1. The minimum Gasteiger partial charge on any atom is -0.497 e. The summed E-state index contributed by atoms with van der Waals surface area (Å²) in [4.78, 5) is 25.2. The number of hydrogen-bond donors (Lipinski definition) is 2. The first-order valence-electron chi connectivity index (χ1n) is 10.6. The van der Waals surface area contributed by atoms with Crippen LogP contribution in [0.15, 0.2) is 29.2 Å². The number of sulfonamides is 1. The van der Waals surface area contributed by atoms with Crippen LogP contribution in [0, 0.1) is 5.92 Å². The molecule has 3 rings (SSSR count). The first-order valence-corrected chi connectivity index (χ1v) is 12.0. The number of amides is 2. The van der Waals surface area contributed by atoms with Crippen LogP contribution in [-0.4, -0.2) is 56.8 Å². The summed E-state index contributed by atoms with van der Waals surface area (Å²) in [5.41, 5.74) is 0. The summed E-state index contributed by atoms with van der Waals surface area (Å²) in [5.74, 6) is -0.365.